The summed E-state index contributed by atoms with van der Waals surface area (Å²) in [5, 5.41) is 0. The zero-order valence-corrected chi connectivity index (χ0v) is 7.78. The molecule has 0 atom stereocenters. The Bertz CT molecular complexity index is 88.2. The highest BCUT2D eigenvalue weighted by atomic mass is 13.8. The lowest BCUT2D eigenvalue weighted by molar-refractivity contribution is 1.09. The van der Waals surface area contributed by atoms with E-state index in [2.05, 4.69) is 33.4 Å². The van der Waals surface area contributed by atoms with Gasteiger partial charge in [-0.25, -0.2) is 0 Å². The van der Waals surface area contributed by atoms with Crippen LogP contribution in [0.4, 0.5) is 0 Å². The van der Waals surface area contributed by atoms with Crippen LogP contribution in [-0.4, -0.2) is 0 Å². The molecule has 0 aliphatic heterocycles. The Morgan fingerprint density at radius 1 is 1.30 bits per heavy atom. The summed E-state index contributed by atoms with van der Waals surface area (Å²) in [5.74, 6) is 0. The summed E-state index contributed by atoms with van der Waals surface area (Å²) in [6.45, 7) is 12.0. The molecule has 0 heteroatoms. The Hall–Kier alpha value is -0.520. The second-order valence-electron chi connectivity index (χ2n) is 2.13. The summed E-state index contributed by atoms with van der Waals surface area (Å²) in [5.41, 5.74) is 1.32. The summed E-state index contributed by atoms with van der Waals surface area (Å²) in [4.78, 5) is 0. The molecule has 0 aromatic rings. The highest BCUT2D eigenvalue weighted by molar-refractivity contribution is 5.13. The van der Waals surface area contributed by atoms with E-state index in [1.54, 1.807) is 0 Å². The molecule has 0 fully saturated rings. The topological polar surface area (TPSA) is 0 Å². The van der Waals surface area contributed by atoms with E-state index in [-0.39, 0.29) is 0 Å². The first-order chi connectivity index (χ1) is 4.76. The van der Waals surface area contributed by atoms with E-state index in [0.717, 1.165) is 6.42 Å². The summed E-state index contributed by atoms with van der Waals surface area (Å²) in [6.07, 6.45) is 6.31. The standard InChI is InChI=1S/C7H12.C3H8/c1-4-7(5-2)6-3;1-3-2/h4-5H,1,6H2,2-3H3;3H2,1-2H3/b7-5+;. The fourth-order valence-corrected chi connectivity index (χ4v) is 0.466. The summed E-state index contributed by atoms with van der Waals surface area (Å²) < 4.78 is 0. The van der Waals surface area contributed by atoms with Crippen LogP contribution in [0.5, 0.6) is 0 Å². The minimum atomic E-state index is 1.10. The van der Waals surface area contributed by atoms with Gasteiger partial charge in [-0.05, 0) is 13.3 Å². The molecular formula is C10H20. The molecule has 0 radical (unpaired) electrons. The van der Waals surface area contributed by atoms with Gasteiger partial charge in [0, 0.05) is 0 Å². The van der Waals surface area contributed by atoms with Gasteiger partial charge in [-0.3, -0.25) is 0 Å². The van der Waals surface area contributed by atoms with Gasteiger partial charge in [0.1, 0.15) is 0 Å². The molecule has 0 bridgehead atoms. The number of rotatable bonds is 2. The van der Waals surface area contributed by atoms with Crippen molar-refractivity contribution >= 4 is 0 Å². The van der Waals surface area contributed by atoms with Crippen molar-refractivity contribution in [3.05, 3.63) is 24.3 Å². The van der Waals surface area contributed by atoms with Crippen molar-refractivity contribution in [3.8, 4) is 0 Å². The second kappa shape index (κ2) is 11.3. The number of hydrogen-bond acceptors (Lipinski definition) is 0. The highest BCUT2D eigenvalue weighted by Gasteiger charge is 1.77. The molecule has 0 rings (SSSR count). The Morgan fingerprint density at radius 2 is 1.70 bits per heavy atom. The van der Waals surface area contributed by atoms with Crippen molar-refractivity contribution in [2.75, 3.05) is 0 Å². The largest absolute Gasteiger partial charge is 0.0988 e. The molecule has 0 aliphatic carbocycles. The molecule has 0 nitrogen and oxygen atoms in total. The third-order valence-electron chi connectivity index (χ3n) is 1.04. The highest BCUT2D eigenvalue weighted by Crippen LogP contribution is 1.98. The number of hydrogen-bond donors (Lipinski definition) is 0. The lowest BCUT2D eigenvalue weighted by Gasteiger charge is -1.88. The van der Waals surface area contributed by atoms with E-state index in [1.807, 2.05) is 13.0 Å². The van der Waals surface area contributed by atoms with Crippen molar-refractivity contribution < 1.29 is 0 Å². The molecule has 0 aromatic carbocycles. The van der Waals surface area contributed by atoms with Crippen molar-refractivity contribution in [2.24, 2.45) is 0 Å². The molecule has 10 heavy (non-hydrogen) atoms. The third kappa shape index (κ3) is 10.5. The van der Waals surface area contributed by atoms with Crippen LogP contribution >= 0.6 is 0 Å². The van der Waals surface area contributed by atoms with Gasteiger partial charge in [0.05, 0.1) is 0 Å². The van der Waals surface area contributed by atoms with Gasteiger partial charge in [-0.1, -0.05) is 51.5 Å². The lowest BCUT2D eigenvalue weighted by Crippen LogP contribution is -1.67. The van der Waals surface area contributed by atoms with E-state index in [1.165, 1.54) is 12.0 Å². The predicted molar refractivity (Wildman–Crippen MR) is 50.2 cm³/mol. The molecule has 0 aliphatic rings. The van der Waals surface area contributed by atoms with Crippen LogP contribution in [0.3, 0.4) is 0 Å². The maximum atomic E-state index is 3.63. The Labute approximate surface area is 65.7 Å². The average Bonchev–Trinajstić information content (AvgIpc) is 1.93. The van der Waals surface area contributed by atoms with Gasteiger partial charge in [-0.15, -0.1) is 0 Å². The molecule has 0 spiro atoms. The predicted octanol–water partition coefficient (Wildman–Crippen LogP) is 3.95. The molecule has 0 aromatic heterocycles. The van der Waals surface area contributed by atoms with Crippen LogP contribution in [0.15, 0.2) is 24.3 Å². The van der Waals surface area contributed by atoms with Crippen LogP contribution in [0, 0.1) is 0 Å². The lowest BCUT2D eigenvalue weighted by atomic mass is 10.2. The first-order valence-corrected chi connectivity index (χ1v) is 4.04. The Kier molecular flexibility index (Phi) is 13.8. The second-order valence-corrected chi connectivity index (χ2v) is 2.13. The molecular weight excluding hydrogens is 120 g/mol. The van der Waals surface area contributed by atoms with Crippen LogP contribution in [0.1, 0.15) is 40.5 Å². The zero-order chi connectivity index (χ0) is 8.41. The normalized spacial score (nSPS) is 9.80. The molecule has 0 saturated heterocycles. The smallest absolute Gasteiger partial charge is 0.0311 e. The average molecular weight is 140 g/mol. The maximum Gasteiger partial charge on any atom is -0.0311 e. The molecule has 0 heterocycles. The van der Waals surface area contributed by atoms with Gasteiger partial charge in [0.15, 0.2) is 0 Å². The molecule has 0 N–H and O–H groups in total. The Balaban J connectivity index is 0. The molecule has 0 unspecified atom stereocenters. The van der Waals surface area contributed by atoms with E-state index < -0.39 is 0 Å². The molecule has 0 saturated carbocycles. The maximum absolute atomic E-state index is 3.63. The number of allylic oxidation sites excluding steroid dienone is 3. The van der Waals surface area contributed by atoms with Crippen molar-refractivity contribution in [3.63, 3.8) is 0 Å². The third-order valence-corrected chi connectivity index (χ3v) is 1.04. The summed E-state index contributed by atoms with van der Waals surface area (Å²) in [7, 11) is 0. The molecule has 60 valence electrons. The van der Waals surface area contributed by atoms with Gasteiger partial charge >= 0.3 is 0 Å². The fourth-order valence-electron chi connectivity index (χ4n) is 0.466. The minimum Gasteiger partial charge on any atom is -0.0988 e. The minimum absolute atomic E-state index is 1.10. The fraction of sp³-hybridized carbons (Fsp3) is 0.600. The first kappa shape index (κ1) is 12.2. The first-order valence-electron chi connectivity index (χ1n) is 4.04. The van der Waals surface area contributed by atoms with Crippen molar-refractivity contribution in [2.45, 2.75) is 40.5 Å². The van der Waals surface area contributed by atoms with E-state index in [4.69, 9.17) is 0 Å². The Morgan fingerprint density at radius 3 is 1.70 bits per heavy atom. The monoisotopic (exact) mass is 140 g/mol. The van der Waals surface area contributed by atoms with Crippen molar-refractivity contribution in [1.82, 2.24) is 0 Å². The van der Waals surface area contributed by atoms with Gasteiger partial charge < -0.3 is 0 Å². The summed E-state index contributed by atoms with van der Waals surface area (Å²) in [6, 6.07) is 0. The van der Waals surface area contributed by atoms with Crippen LogP contribution in [-0.2, 0) is 0 Å². The zero-order valence-electron chi connectivity index (χ0n) is 7.78. The van der Waals surface area contributed by atoms with Crippen LogP contribution in [0.2, 0.25) is 0 Å². The summed E-state index contributed by atoms with van der Waals surface area (Å²) >= 11 is 0. The van der Waals surface area contributed by atoms with Crippen LogP contribution < -0.4 is 0 Å². The quantitative estimate of drug-likeness (QED) is 0.509. The molecule has 0 amide bonds. The SMILES string of the molecule is C=C/C(=C\C)CC.CCC. The van der Waals surface area contributed by atoms with E-state index in [9.17, 15) is 0 Å². The van der Waals surface area contributed by atoms with Gasteiger partial charge in [0.25, 0.3) is 0 Å². The van der Waals surface area contributed by atoms with E-state index in [0.29, 0.717) is 0 Å². The van der Waals surface area contributed by atoms with E-state index >= 15 is 0 Å². The van der Waals surface area contributed by atoms with Gasteiger partial charge in [0.2, 0.25) is 0 Å². The van der Waals surface area contributed by atoms with Crippen LogP contribution in [0.25, 0.3) is 0 Å². The van der Waals surface area contributed by atoms with Gasteiger partial charge in [-0.2, -0.15) is 0 Å². The van der Waals surface area contributed by atoms with Crippen molar-refractivity contribution in [1.29, 1.82) is 0 Å².